The molecule has 0 N–H and O–H groups in total. The first-order valence-electron chi connectivity index (χ1n) is 32.3. The second-order valence-electron chi connectivity index (χ2n) is 21.6. The topological polar surface area (TPSA) is 78.9 Å². The zero-order chi connectivity index (χ0) is 53.6. The summed E-state index contributed by atoms with van der Waals surface area (Å²) in [4.78, 5) is 38.1. The van der Waals surface area contributed by atoms with Crippen LogP contribution >= 0.6 is 0 Å². The maximum absolute atomic E-state index is 12.8. The average molecular weight is 1040 g/mol. The second kappa shape index (κ2) is 62.6. The number of carbonyl (C=O) groups excluding carboxylic acids is 3. The lowest BCUT2D eigenvalue weighted by Crippen LogP contribution is -2.30. The summed E-state index contributed by atoms with van der Waals surface area (Å²) in [6, 6.07) is 0. The highest BCUT2D eigenvalue weighted by molar-refractivity contribution is 5.71. The summed E-state index contributed by atoms with van der Waals surface area (Å²) < 4.78 is 16.8. The van der Waals surface area contributed by atoms with Crippen molar-refractivity contribution in [2.45, 2.75) is 341 Å². The summed E-state index contributed by atoms with van der Waals surface area (Å²) in [6.07, 6.45) is 79.9. The van der Waals surface area contributed by atoms with Gasteiger partial charge in [-0.2, -0.15) is 0 Å². The van der Waals surface area contributed by atoms with Crippen LogP contribution < -0.4 is 0 Å². The predicted octanol–water partition coefficient (Wildman–Crippen LogP) is 21.9. The summed E-state index contributed by atoms with van der Waals surface area (Å²) in [5.74, 6) is -0.916. The molecule has 0 saturated carbocycles. The molecule has 1 atom stereocenters. The van der Waals surface area contributed by atoms with Gasteiger partial charge in [-0.3, -0.25) is 14.4 Å². The minimum atomic E-state index is -0.790. The molecule has 0 rings (SSSR count). The van der Waals surface area contributed by atoms with Crippen LogP contribution in [0.15, 0.2) is 60.8 Å². The Morgan fingerprint density at radius 1 is 0.284 bits per heavy atom. The van der Waals surface area contributed by atoms with E-state index in [0.29, 0.717) is 19.3 Å². The molecular formula is C68H122O6. The maximum atomic E-state index is 12.8. The third-order valence-electron chi connectivity index (χ3n) is 14.2. The van der Waals surface area contributed by atoms with Crippen molar-refractivity contribution in [3.05, 3.63) is 60.8 Å². The SMILES string of the molecule is CC/C=C\C/C=C\C/C=C\CCCCCC(=O)OC(COC(=O)CCCCCCC/C=C\CCC)COC(=O)CCCCCCCCCCCCCCCCCCCCCCC/C=C\CCCCCCCCCC. The summed E-state index contributed by atoms with van der Waals surface area (Å²) >= 11 is 0. The smallest absolute Gasteiger partial charge is 0.306 e. The van der Waals surface area contributed by atoms with Crippen LogP contribution in [0, 0.1) is 0 Å². The molecule has 0 saturated heterocycles. The van der Waals surface area contributed by atoms with Crippen molar-refractivity contribution >= 4 is 17.9 Å². The van der Waals surface area contributed by atoms with Gasteiger partial charge in [0.2, 0.25) is 0 Å². The number of carbonyl (C=O) groups is 3. The number of ether oxygens (including phenoxy) is 3. The molecule has 0 bridgehead atoms. The fourth-order valence-electron chi connectivity index (χ4n) is 9.40. The minimum absolute atomic E-state index is 0.0863. The molecule has 430 valence electrons. The molecule has 6 nitrogen and oxygen atoms in total. The molecule has 0 heterocycles. The van der Waals surface area contributed by atoms with Gasteiger partial charge in [0.15, 0.2) is 6.10 Å². The average Bonchev–Trinajstić information content (AvgIpc) is 3.40. The van der Waals surface area contributed by atoms with Crippen LogP contribution in [0.5, 0.6) is 0 Å². The van der Waals surface area contributed by atoms with Gasteiger partial charge in [-0.15, -0.1) is 0 Å². The van der Waals surface area contributed by atoms with Gasteiger partial charge in [-0.25, -0.2) is 0 Å². The van der Waals surface area contributed by atoms with Crippen molar-refractivity contribution < 1.29 is 28.6 Å². The van der Waals surface area contributed by atoms with Gasteiger partial charge in [0.1, 0.15) is 13.2 Å². The lowest BCUT2D eigenvalue weighted by molar-refractivity contribution is -0.167. The van der Waals surface area contributed by atoms with Gasteiger partial charge < -0.3 is 14.2 Å². The summed E-state index contributed by atoms with van der Waals surface area (Å²) in [7, 11) is 0. The van der Waals surface area contributed by atoms with E-state index in [4.69, 9.17) is 14.2 Å². The van der Waals surface area contributed by atoms with Crippen molar-refractivity contribution in [2.75, 3.05) is 13.2 Å². The van der Waals surface area contributed by atoms with E-state index in [1.807, 2.05) is 0 Å². The van der Waals surface area contributed by atoms with Crippen LogP contribution in [0.2, 0.25) is 0 Å². The number of rotatable bonds is 59. The van der Waals surface area contributed by atoms with E-state index >= 15 is 0 Å². The first-order chi connectivity index (χ1) is 36.5. The van der Waals surface area contributed by atoms with Gasteiger partial charge >= 0.3 is 17.9 Å². The number of esters is 3. The molecule has 0 amide bonds. The van der Waals surface area contributed by atoms with E-state index in [1.54, 1.807) is 0 Å². The van der Waals surface area contributed by atoms with E-state index in [0.717, 1.165) is 96.3 Å². The number of hydrogen-bond donors (Lipinski definition) is 0. The zero-order valence-electron chi connectivity index (χ0n) is 49.4. The van der Waals surface area contributed by atoms with E-state index < -0.39 is 6.10 Å². The Labute approximate surface area is 460 Å². The standard InChI is InChI=1S/C68H122O6/c1-4-7-10-13-16-19-22-24-25-26-27-28-29-30-31-32-33-34-35-36-37-38-39-40-41-42-43-45-46-49-52-55-58-61-67(70)73-64-65(63-72-66(69)60-57-54-51-48-21-18-15-12-9-6-3)74-68(71)62-59-56-53-50-47-44-23-20-17-14-11-8-5-2/h8,11-12,15,17,20,26-27,44,47,65H,4-7,9-10,13-14,16,18-19,21-25,28-43,45-46,48-64H2,1-3H3/b11-8-,15-12-,20-17-,27-26-,47-44-. The highest BCUT2D eigenvalue weighted by Gasteiger charge is 2.19. The Morgan fingerprint density at radius 3 is 0.905 bits per heavy atom. The highest BCUT2D eigenvalue weighted by atomic mass is 16.6. The lowest BCUT2D eigenvalue weighted by atomic mass is 10.0. The Kier molecular flexibility index (Phi) is 60.2. The molecule has 74 heavy (non-hydrogen) atoms. The predicted molar refractivity (Wildman–Crippen MR) is 321 cm³/mol. The van der Waals surface area contributed by atoms with Crippen LogP contribution in [-0.2, 0) is 28.6 Å². The van der Waals surface area contributed by atoms with E-state index in [1.165, 1.54) is 199 Å². The van der Waals surface area contributed by atoms with Gasteiger partial charge in [-0.1, -0.05) is 281 Å². The number of hydrogen-bond acceptors (Lipinski definition) is 6. The molecule has 0 aliphatic carbocycles. The minimum Gasteiger partial charge on any atom is -0.462 e. The molecule has 0 aromatic carbocycles. The quantitative estimate of drug-likeness (QED) is 0.0261. The van der Waals surface area contributed by atoms with Gasteiger partial charge in [0.05, 0.1) is 0 Å². The summed E-state index contributed by atoms with van der Waals surface area (Å²) in [5, 5.41) is 0. The molecule has 0 spiro atoms. The van der Waals surface area contributed by atoms with Gasteiger partial charge in [0, 0.05) is 19.3 Å². The molecule has 0 aliphatic rings. The van der Waals surface area contributed by atoms with Gasteiger partial charge in [0.25, 0.3) is 0 Å². The highest BCUT2D eigenvalue weighted by Crippen LogP contribution is 2.17. The Bertz CT molecular complexity index is 1330. The molecule has 0 aliphatic heterocycles. The molecule has 1 unspecified atom stereocenters. The summed E-state index contributed by atoms with van der Waals surface area (Å²) in [5.41, 5.74) is 0. The first kappa shape index (κ1) is 71.1. The molecule has 0 aromatic rings. The second-order valence-corrected chi connectivity index (χ2v) is 21.6. The largest absolute Gasteiger partial charge is 0.462 e. The zero-order valence-corrected chi connectivity index (χ0v) is 49.4. The third kappa shape index (κ3) is 60.0. The molecular weight excluding hydrogens is 913 g/mol. The van der Waals surface area contributed by atoms with E-state index in [-0.39, 0.29) is 31.1 Å². The van der Waals surface area contributed by atoms with Crippen LogP contribution in [0.25, 0.3) is 0 Å². The Balaban J connectivity index is 4.02. The Hall–Kier alpha value is -2.89. The molecule has 0 fully saturated rings. The number of unbranched alkanes of at least 4 members (excludes halogenated alkanes) is 38. The summed E-state index contributed by atoms with van der Waals surface area (Å²) in [6.45, 7) is 6.46. The van der Waals surface area contributed by atoms with Crippen molar-refractivity contribution in [3.63, 3.8) is 0 Å². The molecule has 0 aromatic heterocycles. The fourth-order valence-corrected chi connectivity index (χ4v) is 9.40. The van der Waals surface area contributed by atoms with Crippen LogP contribution in [0.4, 0.5) is 0 Å². The van der Waals surface area contributed by atoms with Crippen molar-refractivity contribution in [1.29, 1.82) is 0 Å². The van der Waals surface area contributed by atoms with Crippen molar-refractivity contribution in [1.82, 2.24) is 0 Å². The maximum Gasteiger partial charge on any atom is 0.306 e. The fraction of sp³-hybridized carbons (Fsp3) is 0.809. The lowest BCUT2D eigenvalue weighted by Gasteiger charge is -2.18. The van der Waals surface area contributed by atoms with E-state index in [9.17, 15) is 14.4 Å². The third-order valence-corrected chi connectivity index (χ3v) is 14.2. The van der Waals surface area contributed by atoms with Crippen LogP contribution in [0.1, 0.15) is 335 Å². The Morgan fingerprint density at radius 2 is 0.554 bits per heavy atom. The van der Waals surface area contributed by atoms with Gasteiger partial charge in [-0.05, 0) is 96.3 Å². The van der Waals surface area contributed by atoms with Crippen LogP contribution in [-0.4, -0.2) is 37.2 Å². The molecule has 6 heteroatoms. The first-order valence-corrected chi connectivity index (χ1v) is 32.3. The van der Waals surface area contributed by atoms with Crippen molar-refractivity contribution in [3.8, 4) is 0 Å². The monoisotopic (exact) mass is 1030 g/mol. The van der Waals surface area contributed by atoms with Crippen LogP contribution in [0.3, 0.4) is 0 Å². The molecule has 0 radical (unpaired) electrons. The normalized spacial score (nSPS) is 12.4. The van der Waals surface area contributed by atoms with Crippen molar-refractivity contribution in [2.24, 2.45) is 0 Å². The van der Waals surface area contributed by atoms with E-state index in [2.05, 4.69) is 81.5 Å². The number of allylic oxidation sites excluding steroid dienone is 10.